The quantitative estimate of drug-likeness (QED) is 0.731. The van der Waals surface area contributed by atoms with Crippen LogP contribution in [0.1, 0.15) is 20.7 Å². The number of phenolic OH excluding ortho intramolecular Hbond substituents is 1. The van der Waals surface area contributed by atoms with Crippen LogP contribution < -0.4 is 14.8 Å². The number of anilines is 1. The van der Waals surface area contributed by atoms with Gasteiger partial charge in [-0.15, -0.1) is 0 Å². The molecule has 7 nitrogen and oxygen atoms in total. The van der Waals surface area contributed by atoms with Gasteiger partial charge in [-0.1, -0.05) is 0 Å². The van der Waals surface area contributed by atoms with Crippen LogP contribution in [0.2, 0.25) is 0 Å². The first-order valence-electron chi connectivity index (χ1n) is 6.55. The Balaban J connectivity index is 2.34. The zero-order valence-corrected chi connectivity index (χ0v) is 12.5. The van der Waals surface area contributed by atoms with Crippen molar-refractivity contribution in [2.45, 2.75) is 0 Å². The predicted molar refractivity (Wildman–Crippen MR) is 82.6 cm³/mol. The molecular formula is C16H15NO6. The lowest BCUT2D eigenvalue weighted by Crippen LogP contribution is -2.15. The zero-order valence-electron chi connectivity index (χ0n) is 12.5. The van der Waals surface area contributed by atoms with Crippen molar-refractivity contribution in [1.82, 2.24) is 0 Å². The molecule has 0 saturated carbocycles. The molecule has 0 radical (unpaired) electrons. The third-order valence-corrected chi connectivity index (χ3v) is 3.10. The van der Waals surface area contributed by atoms with Gasteiger partial charge in [-0.25, -0.2) is 4.79 Å². The fourth-order valence-electron chi connectivity index (χ4n) is 1.95. The topological polar surface area (TPSA) is 105 Å². The number of benzene rings is 2. The second-order valence-corrected chi connectivity index (χ2v) is 4.59. The first-order chi connectivity index (χ1) is 10.9. The monoisotopic (exact) mass is 317 g/mol. The van der Waals surface area contributed by atoms with E-state index < -0.39 is 11.9 Å². The summed E-state index contributed by atoms with van der Waals surface area (Å²) in [5.41, 5.74) is 0.0981. The van der Waals surface area contributed by atoms with Crippen LogP contribution in [0, 0.1) is 0 Å². The highest BCUT2D eigenvalue weighted by Crippen LogP contribution is 2.25. The number of hydrogen-bond acceptors (Lipinski definition) is 5. The maximum Gasteiger partial charge on any atom is 0.337 e. The third-order valence-electron chi connectivity index (χ3n) is 3.10. The van der Waals surface area contributed by atoms with E-state index in [4.69, 9.17) is 14.6 Å². The van der Waals surface area contributed by atoms with Crippen molar-refractivity contribution >= 4 is 17.6 Å². The number of carboxylic acids is 1. The van der Waals surface area contributed by atoms with Gasteiger partial charge in [-0.05, 0) is 30.3 Å². The van der Waals surface area contributed by atoms with E-state index in [9.17, 15) is 14.7 Å². The van der Waals surface area contributed by atoms with Gasteiger partial charge in [0.1, 0.15) is 17.2 Å². The number of ether oxygens (including phenoxy) is 2. The number of carbonyl (C=O) groups excluding carboxylic acids is 1. The van der Waals surface area contributed by atoms with Gasteiger partial charge in [0.25, 0.3) is 5.91 Å². The number of hydrogen-bond donors (Lipinski definition) is 3. The van der Waals surface area contributed by atoms with E-state index in [0.717, 1.165) is 6.07 Å². The molecule has 2 rings (SSSR count). The van der Waals surface area contributed by atoms with E-state index >= 15 is 0 Å². The van der Waals surface area contributed by atoms with Gasteiger partial charge in [0.2, 0.25) is 0 Å². The second kappa shape index (κ2) is 6.69. The summed E-state index contributed by atoms with van der Waals surface area (Å²) < 4.78 is 10.2. The number of rotatable bonds is 5. The van der Waals surface area contributed by atoms with Crippen molar-refractivity contribution in [3.05, 3.63) is 47.5 Å². The van der Waals surface area contributed by atoms with E-state index in [1.807, 2.05) is 0 Å². The minimum atomic E-state index is -1.26. The van der Waals surface area contributed by atoms with Crippen LogP contribution in [0.3, 0.4) is 0 Å². The average Bonchev–Trinajstić information content (AvgIpc) is 2.55. The van der Waals surface area contributed by atoms with Gasteiger partial charge in [0, 0.05) is 11.6 Å². The Labute approximate surface area is 132 Å². The van der Waals surface area contributed by atoms with E-state index in [1.54, 1.807) is 6.07 Å². The molecule has 2 aromatic carbocycles. The fourth-order valence-corrected chi connectivity index (χ4v) is 1.95. The largest absolute Gasteiger partial charge is 0.508 e. The zero-order chi connectivity index (χ0) is 17.0. The molecule has 1 amide bonds. The van der Waals surface area contributed by atoms with E-state index in [0.29, 0.717) is 11.5 Å². The molecule has 0 unspecified atom stereocenters. The summed E-state index contributed by atoms with van der Waals surface area (Å²) in [4.78, 5) is 23.5. The number of phenols is 1. The maximum absolute atomic E-state index is 12.3. The second-order valence-electron chi connectivity index (χ2n) is 4.59. The third kappa shape index (κ3) is 3.70. The van der Waals surface area contributed by atoms with E-state index in [-0.39, 0.29) is 22.6 Å². The molecule has 0 aromatic heterocycles. The van der Waals surface area contributed by atoms with E-state index in [2.05, 4.69) is 5.32 Å². The van der Waals surface area contributed by atoms with Gasteiger partial charge in [0.15, 0.2) is 0 Å². The molecule has 7 heteroatoms. The first kappa shape index (κ1) is 16.2. The number of aromatic hydroxyl groups is 1. The fraction of sp³-hybridized carbons (Fsp3) is 0.125. The Morgan fingerprint density at radius 3 is 2.13 bits per heavy atom. The highest BCUT2D eigenvalue weighted by molar-refractivity contribution is 6.08. The SMILES string of the molecule is COc1cc(OC)cc(C(=O)Nc2ccc(O)cc2C(=O)O)c1. The Bertz CT molecular complexity index is 734. The number of carboxylic acid groups (broad SMARTS) is 1. The van der Waals surface area contributed by atoms with Crippen molar-refractivity contribution in [2.75, 3.05) is 19.5 Å². The summed E-state index contributed by atoms with van der Waals surface area (Å²) in [7, 11) is 2.91. The molecule has 0 spiro atoms. The highest BCUT2D eigenvalue weighted by atomic mass is 16.5. The van der Waals surface area contributed by atoms with Crippen molar-refractivity contribution in [3.63, 3.8) is 0 Å². The van der Waals surface area contributed by atoms with Crippen LogP contribution in [0.5, 0.6) is 17.2 Å². The molecule has 0 saturated heterocycles. The van der Waals surface area contributed by atoms with Crippen molar-refractivity contribution in [1.29, 1.82) is 0 Å². The highest BCUT2D eigenvalue weighted by Gasteiger charge is 2.16. The molecule has 0 fully saturated rings. The molecule has 0 atom stereocenters. The minimum absolute atomic E-state index is 0.0714. The smallest absolute Gasteiger partial charge is 0.337 e. The number of amides is 1. The maximum atomic E-state index is 12.3. The molecule has 0 bridgehead atoms. The van der Waals surface area contributed by atoms with Gasteiger partial charge in [-0.3, -0.25) is 4.79 Å². The molecule has 3 N–H and O–H groups in total. The van der Waals surface area contributed by atoms with Crippen LogP contribution in [0.4, 0.5) is 5.69 Å². The summed E-state index contributed by atoms with van der Waals surface area (Å²) in [6, 6.07) is 8.27. The van der Waals surface area contributed by atoms with Gasteiger partial charge >= 0.3 is 5.97 Å². The summed E-state index contributed by atoms with van der Waals surface area (Å²) in [6.45, 7) is 0. The number of methoxy groups -OCH3 is 2. The molecule has 0 heterocycles. The predicted octanol–water partition coefficient (Wildman–Crippen LogP) is 2.36. The molecule has 0 aliphatic carbocycles. The van der Waals surface area contributed by atoms with Crippen molar-refractivity contribution in [3.8, 4) is 17.2 Å². The standard InChI is InChI=1S/C16H15NO6/c1-22-11-5-9(6-12(8-11)23-2)15(19)17-14-4-3-10(18)7-13(14)16(20)21/h3-8,18H,1-2H3,(H,17,19)(H,20,21). The van der Waals surface area contributed by atoms with Gasteiger partial charge < -0.3 is 25.0 Å². The van der Waals surface area contributed by atoms with Gasteiger partial charge in [-0.2, -0.15) is 0 Å². The summed E-state index contributed by atoms with van der Waals surface area (Å²) in [5, 5.41) is 21.0. The number of carbonyl (C=O) groups is 2. The Hall–Kier alpha value is -3.22. The molecule has 2 aromatic rings. The van der Waals surface area contributed by atoms with Crippen LogP contribution >= 0.6 is 0 Å². The normalized spacial score (nSPS) is 10.0. The van der Waals surface area contributed by atoms with Gasteiger partial charge in [0.05, 0.1) is 25.5 Å². The average molecular weight is 317 g/mol. The molecule has 120 valence electrons. The number of nitrogens with one attached hydrogen (secondary N) is 1. The summed E-state index contributed by atoms with van der Waals surface area (Å²) in [6.07, 6.45) is 0. The van der Waals surface area contributed by atoms with Crippen LogP contribution in [0.15, 0.2) is 36.4 Å². The first-order valence-corrected chi connectivity index (χ1v) is 6.55. The molecule has 23 heavy (non-hydrogen) atoms. The lowest BCUT2D eigenvalue weighted by Gasteiger charge is -2.11. The van der Waals surface area contributed by atoms with Crippen LogP contribution in [-0.4, -0.2) is 36.3 Å². The van der Waals surface area contributed by atoms with Crippen molar-refractivity contribution < 1.29 is 29.3 Å². The summed E-state index contributed by atoms with van der Waals surface area (Å²) in [5.74, 6) is -1.14. The molecular weight excluding hydrogens is 302 g/mol. The summed E-state index contributed by atoms with van der Waals surface area (Å²) >= 11 is 0. The Morgan fingerprint density at radius 1 is 1.00 bits per heavy atom. The minimum Gasteiger partial charge on any atom is -0.508 e. The Kier molecular flexibility index (Phi) is 4.70. The van der Waals surface area contributed by atoms with Crippen LogP contribution in [-0.2, 0) is 0 Å². The molecule has 0 aliphatic heterocycles. The molecule has 0 aliphatic rings. The van der Waals surface area contributed by atoms with Crippen molar-refractivity contribution in [2.24, 2.45) is 0 Å². The van der Waals surface area contributed by atoms with Crippen LogP contribution in [0.25, 0.3) is 0 Å². The lowest BCUT2D eigenvalue weighted by molar-refractivity contribution is 0.0697. The Morgan fingerprint density at radius 2 is 1.61 bits per heavy atom. The number of aromatic carboxylic acids is 1. The van der Waals surface area contributed by atoms with E-state index in [1.165, 1.54) is 38.5 Å². The lowest BCUT2D eigenvalue weighted by atomic mass is 10.1.